The van der Waals surface area contributed by atoms with Crippen LogP contribution >= 0.6 is 0 Å². The summed E-state index contributed by atoms with van der Waals surface area (Å²) in [5, 5.41) is 16.5. The fraction of sp³-hybridized carbons (Fsp3) is 0.514. The van der Waals surface area contributed by atoms with Gasteiger partial charge in [0, 0.05) is 44.6 Å². The second kappa shape index (κ2) is 13.5. The predicted octanol–water partition coefficient (Wildman–Crippen LogP) is 5.41. The van der Waals surface area contributed by atoms with Crippen molar-refractivity contribution in [3.05, 3.63) is 81.4 Å². The Labute approximate surface area is 271 Å². The van der Waals surface area contributed by atoms with Gasteiger partial charge in [-0.15, -0.1) is 0 Å². The van der Waals surface area contributed by atoms with Crippen LogP contribution in [0.1, 0.15) is 99.7 Å². The lowest BCUT2D eigenvalue weighted by Crippen LogP contribution is -2.50. The van der Waals surface area contributed by atoms with Gasteiger partial charge in [0.25, 0.3) is 5.56 Å². The highest BCUT2D eigenvalue weighted by Gasteiger charge is 2.36. The minimum absolute atomic E-state index is 0.0171. The number of likely N-dealkylation sites (tertiary alicyclic amines) is 1. The van der Waals surface area contributed by atoms with E-state index in [2.05, 4.69) is 49.3 Å². The Morgan fingerprint density at radius 3 is 2.59 bits per heavy atom. The van der Waals surface area contributed by atoms with Crippen LogP contribution in [0.3, 0.4) is 0 Å². The molecule has 1 aliphatic carbocycles. The van der Waals surface area contributed by atoms with E-state index in [0.717, 1.165) is 60.9 Å². The van der Waals surface area contributed by atoms with E-state index in [9.17, 15) is 14.7 Å². The molecular formula is C37H48N6O3. The Morgan fingerprint density at radius 1 is 1.09 bits per heavy atom. The summed E-state index contributed by atoms with van der Waals surface area (Å²) in [6, 6.07) is 16.5. The summed E-state index contributed by atoms with van der Waals surface area (Å²) >= 11 is 0. The van der Waals surface area contributed by atoms with Crippen LogP contribution in [0.4, 0.5) is 0 Å². The lowest BCUT2D eigenvalue weighted by molar-refractivity contribution is -0.136. The van der Waals surface area contributed by atoms with Gasteiger partial charge in [0.1, 0.15) is 11.3 Å². The molecule has 2 aliphatic rings. The molecule has 1 amide bonds. The van der Waals surface area contributed by atoms with Crippen molar-refractivity contribution in [2.45, 2.75) is 102 Å². The van der Waals surface area contributed by atoms with Crippen LogP contribution in [0.25, 0.3) is 22.3 Å². The van der Waals surface area contributed by atoms with Crippen molar-refractivity contribution in [3.8, 4) is 11.3 Å². The maximum absolute atomic E-state index is 14.2. The first-order valence-corrected chi connectivity index (χ1v) is 17.1. The summed E-state index contributed by atoms with van der Waals surface area (Å²) in [7, 11) is 1.85. The van der Waals surface area contributed by atoms with E-state index in [1.54, 1.807) is 9.25 Å². The highest BCUT2D eigenvalue weighted by molar-refractivity contribution is 5.89. The van der Waals surface area contributed by atoms with E-state index in [1.165, 1.54) is 5.56 Å². The molecule has 0 spiro atoms. The Morgan fingerprint density at radius 2 is 1.85 bits per heavy atom. The molecule has 6 rings (SSSR count). The van der Waals surface area contributed by atoms with Crippen LogP contribution in [0.2, 0.25) is 0 Å². The van der Waals surface area contributed by atoms with Gasteiger partial charge in [-0.1, -0.05) is 75.6 Å². The smallest absolute Gasteiger partial charge is 0.282 e. The zero-order valence-electron chi connectivity index (χ0n) is 27.5. The molecule has 9 heteroatoms. The van der Waals surface area contributed by atoms with Crippen LogP contribution in [-0.2, 0) is 31.2 Å². The van der Waals surface area contributed by atoms with Crippen LogP contribution < -0.4 is 11.3 Å². The van der Waals surface area contributed by atoms with Crippen LogP contribution in [-0.4, -0.2) is 53.9 Å². The topological polar surface area (TPSA) is 119 Å². The van der Waals surface area contributed by atoms with E-state index < -0.39 is 5.60 Å². The molecule has 2 atom stereocenters. The number of aromatic nitrogens is 4. The number of carbonyl (C=O) groups is 1. The van der Waals surface area contributed by atoms with Gasteiger partial charge >= 0.3 is 0 Å². The van der Waals surface area contributed by atoms with Crippen molar-refractivity contribution in [2.24, 2.45) is 12.8 Å². The molecule has 1 aliphatic heterocycles. The maximum atomic E-state index is 14.2. The van der Waals surface area contributed by atoms with Crippen LogP contribution in [0.15, 0.2) is 53.3 Å². The van der Waals surface area contributed by atoms with Crippen molar-refractivity contribution in [1.82, 2.24) is 24.2 Å². The first kappa shape index (κ1) is 32.1. The average molecular weight is 625 g/mol. The molecule has 1 fully saturated rings. The second-order valence-electron chi connectivity index (χ2n) is 13.6. The highest BCUT2D eigenvalue weighted by Crippen LogP contribution is 2.35. The number of carbonyl (C=O) groups excluding carboxylic acids is 1. The molecule has 1 unspecified atom stereocenters. The number of nitrogens with zero attached hydrogens (tertiary/aromatic N) is 5. The van der Waals surface area contributed by atoms with Crippen molar-refractivity contribution >= 4 is 16.9 Å². The number of hydrogen-bond donors (Lipinski definition) is 2. The molecule has 0 saturated carbocycles. The number of rotatable bonds is 11. The van der Waals surface area contributed by atoms with Crippen molar-refractivity contribution < 1.29 is 9.90 Å². The lowest BCUT2D eigenvalue weighted by Gasteiger charge is -2.39. The van der Waals surface area contributed by atoms with Gasteiger partial charge < -0.3 is 15.7 Å². The molecule has 46 heavy (non-hydrogen) atoms. The summed E-state index contributed by atoms with van der Waals surface area (Å²) in [6.45, 7) is 5.32. The fourth-order valence-corrected chi connectivity index (χ4v) is 7.28. The third-order valence-electron chi connectivity index (χ3n) is 10.2. The Bertz CT molecular complexity index is 1750. The molecule has 2 aromatic carbocycles. The molecule has 3 heterocycles. The third-order valence-corrected chi connectivity index (χ3v) is 10.2. The number of aryl methyl sites for hydroxylation is 3. The number of nitrogens with two attached hydrogens (primary N) is 1. The first-order valence-electron chi connectivity index (χ1n) is 17.1. The van der Waals surface area contributed by atoms with Crippen molar-refractivity contribution in [2.75, 3.05) is 13.1 Å². The normalized spacial score (nSPS) is 18.2. The number of fused-ring (bicyclic) bond motifs is 2. The van der Waals surface area contributed by atoms with E-state index >= 15 is 0 Å². The molecule has 9 nitrogen and oxygen atoms in total. The van der Waals surface area contributed by atoms with Crippen LogP contribution in [0, 0.1) is 0 Å². The summed E-state index contributed by atoms with van der Waals surface area (Å²) in [4.78, 5) is 34.3. The fourth-order valence-electron chi connectivity index (χ4n) is 7.28. The maximum Gasteiger partial charge on any atom is 0.282 e. The summed E-state index contributed by atoms with van der Waals surface area (Å²) in [5.74, 6) is 0.908. The van der Waals surface area contributed by atoms with E-state index in [0.29, 0.717) is 55.6 Å². The number of hydrogen-bond acceptors (Lipinski definition) is 6. The summed E-state index contributed by atoms with van der Waals surface area (Å²) in [6.07, 6.45) is 8.01. The third kappa shape index (κ3) is 6.53. The Kier molecular flexibility index (Phi) is 9.43. The van der Waals surface area contributed by atoms with E-state index in [1.807, 2.05) is 30.1 Å². The summed E-state index contributed by atoms with van der Waals surface area (Å²) in [5.41, 5.74) is 11.3. The molecule has 3 N–H and O–H groups in total. The minimum Gasteiger partial charge on any atom is -0.388 e. The van der Waals surface area contributed by atoms with Crippen LogP contribution in [0.5, 0.6) is 0 Å². The Balaban J connectivity index is 1.25. The lowest BCUT2D eigenvalue weighted by atomic mass is 9.90. The van der Waals surface area contributed by atoms with Gasteiger partial charge in [-0.3, -0.25) is 18.8 Å². The molecule has 1 saturated heterocycles. The molecule has 0 radical (unpaired) electrons. The van der Waals surface area contributed by atoms with Gasteiger partial charge in [0.15, 0.2) is 5.52 Å². The van der Waals surface area contributed by atoms with Gasteiger partial charge in [-0.25, -0.2) is 4.98 Å². The van der Waals surface area contributed by atoms with E-state index in [-0.39, 0.29) is 30.0 Å². The molecule has 4 aromatic rings. The molecule has 2 aromatic heterocycles. The molecule has 244 valence electrons. The van der Waals surface area contributed by atoms with Gasteiger partial charge in [0.05, 0.1) is 17.8 Å². The number of aliphatic hydroxyl groups is 1. The zero-order chi connectivity index (χ0) is 32.4. The quantitative estimate of drug-likeness (QED) is 0.215. The SMILES string of the molecule is CCCCCCc1nc2c(-c3ccc4c(c3)C(N)CC4)n(C)nc2c(=O)n1CC1(O)CCN(C(=O)C[C@@H](C)c2ccccc2)CC1. The van der Waals surface area contributed by atoms with Gasteiger partial charge in [-0.2, -0.15) is 5.10 Å². The van der Waals surface area contributed by atoms with E-state index in [4.69, 9.17) is 10.7 Å². The highest BCUT2D eigenvalue weighted by atomic mass is 16.3. The van der Waals surface area contributed by atoms with Gasteiger partial charge in [0.2, 0.25) is 5.91 Å². The number of benzene rings is 2. The Hall–Kier alpha value is -3.82. The molecular weight excluding hydrogens is 576 g/mol. The zero-order valence-corrected chi connectivity index (χ0v) is 27.5. The number of unbranched alkanes of at least 4 members (excludes halogenated alkanes) is 3. The summed E-state index contributed by atoms with van der Waals surface area (Å²) < 4.78 is 3.42. The average Bonchev–Trinajstić information content (AvgIpc) is 3.59. The second-order valence-corrected chi connectivity index (χ2v) is 13.6. The number of piperidine rings is 1. The number of amides is 1. The standard InChI is InChI=1S/C37H48N6O3/c1-4-5-6-10-13-31-39-33-34(40-41(3)35(33)28-15-14-27-16-17-30(38)29(27)23-28)36(45)43(31)24-37(46)18-20-42(21-19-37)32(44)22-25(2)26-11-8-7-9-12-26/h7-9,11-12,14-15,23,25,30,46H,4-6,10,13,16-22,24,38H2,1-3H3/t25-,30?/m1/s1. The van der Waals surface area contributed by atoms with Crippen molar-refractivity contribution in [1.29, 1.82) is 0 Å². The minimum atomic E-state index is -1.12. The molecule has 0 bridgehead atoms. The largest absolute Gasteiger partial charge is 0.388 e. The first-order chi connectivity index (χ1) is 22.2. The van der Waals surface area contributed by atoms with Crippen molar-refractivity contribution in [3.63, 3.8) is 0 Å². The van der Waals surface area contributed by atoms with Gasteiger partial charge in [-0.05, 0) is 60.8 Å². The predicted molar refractivity (Wildman–Crippen MR) is 182 cm³/mol. The monoisotopic (exact) mass is 624 g/mol.